The first-order chi connectivity index (χ1) is 33.3. The lowest BCUT2D eigenvalue weighted by atomic mass is 9.89. The Morgan fingerprint density at radius 3 is 0.940 bits per heavy atom. The zero-order valence-electron chi connectivity index (χ0n) is 36.7. The Hall–Kier alpha value is -8.92. The minimum absolute atomic E-state index is 1.07. The molecular weight excluding hydrogens is 811 g/mol. The van der Waals surface area contributed by atoms with Gasteiger partial charge in [0.15, 0.2) is 0 Å². The van der Waals surface area contributed by atoms with Gasteiger partial charge in [0, 0.05) is 50.3 Å². The number of nitrogens with zero attached hydrogens (tertiary/aromatic N) is 3. The van der Waals surface area contributed by atoms with Gasteiger partial charge in [0.1, 0.15) is 0 Å². The molecule has 0 amide bonds. The molecule has 0 heterocycles. The number of anilines is 9. The molecule has 67 heavy (non-hydrogen) atoms. The summed E-state index contributed by atoms with van der Waals surface area (Å²) in [5.41, 5.74) is 9.89. The minimum atomic E-state index is 1.07. The van der Waals surface area contributed by atoms with E-state index in [4.69, 9.17) is 0 Å². The molecule has 13 aromatic carbocycles. The summed E-state index contributed by atoms with van der Waals surface area (Å²) in [4.78, 5) is 7.18. The summed E-state index contributed by atoms with van der Waals surface area (Å²) in [5, 5.41) is 15.0. The molecule has 0 bridgehead atoms. The summed E-state index contributed by atoms with van der Waals surface area (Å²) in [6, 6.07) is 94.9. The minimum Gasteiger partial charge on any atom is -0.310 e. The van der Waals surface area contributed by atoms with Crippen molar-refractivity contribution < 1.29 is 0 Å². The van der Waals surface area contributed by atoms with Gasteiger partial charge in [-0.2, -0.15) is 0 Å². The van der Waals surface area contributed by atoms with Crippen molar-refractivity contribution in [3.63, 3.8) is 0 Å². The topological polar surface area (TPSA) is 9.72 Å². The summed E-state index contributed by atoms with van der Waals surface area (Å²) in [5.74, 6) is 0. The van der Waals surface area contributed by atoms with E-state index in [0.717, 1.165) is 51.2 Å². The predicted molar refractivity (Wildman–Crippen MR) is 287 cm³/mol. The fraction of sp³-hybridized carbons (Fsp3) is 0. The van der Waals surface area contributed by atoms with Gasteiger partial charge in [-0.05, 0) is 139 Å². The van der Waals surface area contributed by atoms with Crippen molar-refractivity contribution in [2.24, 2.45) is 0 Å². The van der Waals surface area contributed by atoms with Gasteiger partial charge in [-0.1, -0.05) is 170 Å². The van der Waals surface area contributed by atoms with E-state index in [-0.39, 0.29) is 0 Å². The van der Waals surface area contributed by atoms with Crippen molar-refractivity contribution in [2.45, 2.75) is 0 Å². The van der Waals surface area contributed by atoms with E-state index in [1.165, 1.54) is 64.6 Å². The van der Waals surface area contributed by atoms with Gasteiger partial charge in [-0.15, -0.1) is 0 Å². The molecule has 0 aliphatic carbocycles. The molecule has 0 aromatic heterocycles. The van der Waals surface area contributed by atoms with E-state index >= 15 is 0 Å². The highest BCUT2D eigenvalue weighted by Gasteiger charge is 2.23. The second-order valence-electron chi connectivity index (χ2n) is 17.3. The van der Waals surface area contributed by atoms with E-state index in [0.29, 0.717) is 0 Å². The maximum atomic E-state index is 2.44. The third-order valence-corrected chi connectivity index (χ3v) is 13.5. The highest BCUT2D eigenvalue weighted by atomic mass is 15.2. The van der Waals surface area contributed by atoms with Crippen LogP contribution in [0.25, 0.3) is 64.6 Å². The third kappa shape index (κ3) is 6.43. The van der Waals surface area contributed by atoms with Crippen molar-refractivity contribution in [2.75, 3.05) is 14.7 Å². The Kier molecular flexibility index (Phi) is 9.17. The molecule has 0 unspecified atom stereocenters. The molecule has 314 valence electrons. The van der Waals surface area contributed by atoms with Crippen LogP contribution in [0.4, 0.5) is 51.2 Å². The van der Waals surface area contributed by atoms with Crippen LogP contribution < -0.4 is 14.7 Å². The van der Waals surface area contributed by atoms with Crippen molar-refractivity contribution in [3.8, 4) is 0 Å². The molecule has 0 aliphatic rings. The Balaban J connectivity index is 1.00. The van der Waals surface area contributed by atoms with Crippen molar-refractivity contribution in [3.05, 3.63) is 261 Å². The lowest BCUT2D eigenvalue weighted by Gasteiger charge is -2.31. The van der Waals surface area contributed by atoms with Gasteiger partial charge in [-0.3, -0.25) is 0 Å². The largest absolute Gasteiger partial charge is 0.310 e. The monoisotopic (exact) mass is 853 g/mol. The molecular formula is C64H43N3. The van der Waals surface area contributed by atoms with Gasteiger partial charge >= 0.3 is 0 Å². The Morgan fingerprint density at radius 2 is 0.463 bits per heavy atom. The van der Waals surface area contributed by atoms with Crippen LogP contribution in [0.1, 0.15) is 0 Å². The Morgan fingerprint density at radius 1 is 0.164 bits per heavy atom. The summed E-state index contributed by atoms with van der Waals surface area (Å²) >= 11 is 0. The van der Waals surface area contributed by atoms with Gasteiger partial charge in [0.2, 0.25) is 0 Å². The number of para-hydroxylation sites is 2. The first-order valence-electron chi connectivity index (χ1n) is 23.0. The summed E-state index contributed by atoms with van der Waals surface area (Å²) < 4.78 is 0. The normalized spacial score (nSPS) is 11.6. The van der Waals surface area contributed by atoms with Crippen LogP contribution in [0.3, 0.4) is 0 Å². The van der Waals surface area contributed by atoms with Crippen LogP contribution in [0.2, 0.25) is 0 Å². The molecule has 3 heteroatoms. The van der Waals surface area contributed by atoms with E-state index in [1.54, 1.807) is 0 Å². The van der Waals surface area contributed by atoms with E-state index in [2.05, 4.69) is 276 Å². The fourth-order valence-electron chi connectivity index (χ4n) is 10.6. The highest BCUT2D eigenvalue weighted by Crippen LogP contribution is 2.48. The molecule has 0 atom stereocenters. The van der Waals surface area contributed by atoms with Gasteiger partial charge in [0.25, 0.3) is 0 Å². The van der Waals surface area contributed by atoms with Crippen LogP contribution in [-0.2, 0) is 0 Å². The number of rotatable bonds is 9. The van der Waals surface area contributed by atoms with Crippen LogP contribution in [-0.4, -0.2) is 0 Å². The quantitative estimate of drug-likeness (QED) is 0.106. The van der Waals surface area contributed by atoms with Crippen LogP contribution in [0.5, 0.6) is 0 Å². The van der Waals surface area contributed by atoms with Crippen LogP contribution >= 0.6 is 0 Å². The van der Waals surface area contributed by atoms with Gasteiger partial charge in [-0.25, -0.2) is 0 Å². The SMILES string of the molecule is c1ccc(N(c2ccc(N(c3ccc(N(c4ccccc4)c4cccc5ccccc45)cc3)c3ccc4c5cccc6cccc(c7cccc3c74)c65)cc2)c2cccc3ccccc23)cc1. The first-order valence-corrected chi connectivity index (χ1v) is 23.0. The molecule has 0 radical (unpaired) electrons. The molecule has 0 spiro atoms. The van der Waals surface area contributed by atoms with Crippen LogP contribution in [0.15, 0.2) is 261 Å². The first kappa shape index (κ1) is 38.5. The number of fused-ring (bicyclic) bond motifs is 4. The molecule has 0 saturated heterocycles. The zero-order chi connectivity index (χ0) is 44.3. The fourth-order valence-corrected chi connectivity index (χ4v) is 10.6. The van der Waals surface area contributed by atoms with Gasteiger partial charge < -0.3 is 14.7 Å². The average Bonchev–Trinajstić information content (AvgIpc) is 3.40. The second-order valence-corrected chi connectivity index (χ2v) is 17.3. The second kappa shape index (κ2) is 16.0. The Bertz CT molecular complexity index is 3690. The van der Waals surface area contributed by atoms with E-state index < -0.39 is 0 Å². The van der Waals surface area contributed by atoms with Gasteiger partial charge in [0.05, 0.1) is 17.1 Å². The molecule has 0 N–H and O–H groups in total. The molecule has 13 rings (SSSR count). The number of hydrogen-bond donors (Lipinski definition) is 0. The lowest BCUT2D eigenvalue weighted by molar-refractivity contribution is 1.26. The predicted octanol–water partition coefficient (Wildman–Crippen LogP) is 18.5. The molecule has 0 fully saturated rings. The average molecular weight is 854 g/mol. The van der Waals surface area contributed by atoms with E-state index in [9.17, 15) is 0 Å². The summed E-state index contributed by atoms with van der Waals surface area (Å²) in [6.07, 6.45) is 0. The third-order valence-electron chi connectivity index (χ3n) is 13.5. The molecule has 13 aromatic rings. The molecule has 0 saturated carbocycles. The zero-order valence-corrected chi connectivity index (χ0v) is 36.7. The number of hydrogen-bond acceptors (Lipinski definition) is 3. The highest BCUT2D eigenvalue weighted by molar-refractivity contribution is 6.34. The summed E-state index contributed by atoms with van der Waals surface area (Å²) in [6.45, 7) is 0. The maximum Gasteiger partial charge on any atom is 0.0540 e. The Labute approximate surface area is 389 Å². The van der Waals surface area contributed by atoms with Crippen molar-refractivity contribution >= 4 is 116 Å². The van der Waals surface area contributed by atoms with Crippen molar-refractivity contribution in [1.82, 2.24) is 0 Å². The lowest BCUT2D eigenvalue weighted by Crippen LogP contribution is -2.13. The van der Waals surface area contributed by atoms with Crippen molar-refractivity contribution in [1.29, 1.82) is 0 Å². The molecule has 3 nitrogen and oxygen atoms in total. The smallest absolute Gasteiger partial charge is 0.0540 e. The van der Waals surface area contributed by atoms with E-state index in [1.807, 2.05) is 0 Å². The van der Waals surface area contributed by atoms with Crippen LogP contribution in [0, 0.1) is 0 Å². The standard InChI is InChI=1S/C64H43N3/c1-3-22-47(23-4-1)65(60-32-13-18-44-16-7-9-26-53(44)60)49-34-38-51(39-35-49)67(62-43-42-58-56-29-12-21-46-20-11-28-55(63(46)56)57-30-15-31-59(62)64(57)58)52-40-36-50(37-41-52)66(48-24-5-2-6-25-48)61-33-14-19-45-17-8-10-27-54(45)61/h1-43H. The molecule has 0 aliphatic heterocycles. The number of benzene rings is 13. The summed E-state index contributed by atoms with van der Waals surface area (Å²) in [7, 11) is 0. The maximum absolute atomic E-state index is 2.44.